The van der Waals surface area contributed by atoms with Gasteiger partial charge >= 0.3 is 6.09 Å². The highest BCUT2D eigenvalue weighted by molar-refractivity contribution is 5.86. The van der Waals surface area contributed by atoms with Crippen LogP contribution in [-0.2, 0) is 16.0 Å². The predicted octanol–water partition coefficient (Wildman–Crippen LogP) is 2.67. The second-order valence-corrected chi connectivity index (χ2v) is 6.21. The molecule has 1 aromatic rings. The molecule has 0 spiro atoms. The Morgan fingerprint density at radius 3 is 2.35 bits per heavy atom. The van der Waals surface area contributed by atoms with Crippen molar-refractivity contribution in [1.29, 1.82) is 0 Å². The van der Waals surface area contributed by atoms with E-state index in [1.807, 2.05) is 51.1 Å². The summed E-state index contributed by atoms with van der Waals surface area (Å²) in [6.07, 6.45) is 0.106. The molecule has 4 heteroatoms. The van der Waals surface area contributed by atoms with Gasteiger partial charge in [0.1, 0.15) is 11.4 Å². The number of benzene rings is 1. The predicted molar refractivity (Wildman–Crippen MR) is 76.5 cm³/mol. The van der Waals surface area contributed by atoms with Gasteiger partial charge < -0.3 is 9.64 Å². The molecule has 0 atom stereocenters. The molecular formula is C16H21NO3. The Labute approximate surface area is 119 Å². The summed E-state index contributed by atoms with van der Waals surface area (Å²) in [6, 6.07) is 9.68. The van der Waals surface area contributed by atoms with E-state index in [9.17, 15) is 9.59 Å². The molecule has 20 heavy (non-hydrogen) atoms. The van der Waals surface area contributed by atoms with Gasteiger partial charge in [-0.05, 0) is 26.3 Å². The topological polar surface area (TPSA) is 46.6 Å². The summed E-state index contributed by atoms with van der Waals surface area (Å²) in [7, 11) is 0. The highest BCUT2D eigenvalue weighted by atomic mass is 16.6. The molecule has 0 bridgehead atoms. The van der Waals surface area contributed by atoms with Crippen LogP contribution in [0, 0.1) is 5.92 Å². The summed E-state index contributed by atoms with van der Waals surface area (Å²) in [4.78, 5) is 25.4. The van der Waals surface area contributed by atoms with E-state index in [1.54, 1.807) is 4.90 Å². The minimum absolute atomic E-state index is 0.0530. The van der Waals surface area contributed by atoms with E-state index >= 15 is 0 Å². The molecule has 1 aromatic carbocycles. The zero-order valence-electron chi connectivity index (χ0n) is 12.3. The van der Waals surface area contributed by atoms with Crippen molar-refractivity contribution in [3.05, 3.63) is 35.9 Å². The molecule has 0 aliphatic carbocycles. The highest BCUT2D eigenvalue weighted by Gasteiger charge is 2.37. The van der Waals surface area contributed by atoms with Crippen LogP contribution >= 0.6 is 0 Å². The number of carbonyl (C=O) groups excluding carboxylic acids is 2. The van der Waals surface area contributed by atoms with Gasteiger partial charge in [-0.1, -0.05) is 30.3 Å². The average Bonchev–Trinajstić information content (AvgIpc) is 2.25. The van der Waals surface area contributed by atoms with E-state index in [0.717, 1.165) is 5.56 Å². The fraction of sp³-hybridized carbons (Fsp3) is 0.500. The zero-order valence-corrected chi connectivity index (χ0v) is 12.3. The third kappa shape index (κ3) is 3.83. The molecule has 4 nitrogen and oxygen atoms in total. The van der Waals surface area contributed by atoms with E-state index in [-0.39, 0.29) is 17.8 Å². The van der Waals surface area contributed by atoms with Crippen molar-refractivity contribution < 1.29 is 14.3 Å². The summed E-state index contributed by atoms with van der Waals surface area (Å²) in [5.41, 5.74) is 0.532. The maximum atomic E-state index is 12.1. The first-order valence-corrected chi connectivity index (χ1v) is 6.90. The minimum Gasteiger partial charge on any atom is -0.444 e. The standard InChI is InChI=1S/C16H21NO3/c1-16(2,3)20-15(19)17-10-13(11-17)14(18)9-12-7-5-4-6-8-12/h4-8,13H,9-11H2,1-3H3. The Kier molecular flexibility index (Phi) is 4.12. The number of nitrogens with zero attached hydrogens (tertiary/aromatic N) is 1. The van der Waals surface area contributed by atoms with Crippen LogP contribution in [0.4, 0.5) is 4.79 Å². The number of ketones is 1. The Balaban J connectivity index is 1.79. The van der Waals surface area contributed by atoms with Crippen molar-refractivity contribution >= 4 is 11.9 Å². The molecule has 1 aliphatic rings. The number of likely N-dealkylation sites (tertiary alicyclic amines) is 1. The fourth-order valence-electron chi connectivity index (χ4n) is 2.10. The number of hydrogen-bond donors (Lipinski definition) is 0. The average molecular weight is 275 g/mol. The Bertz CT molecular complexity index is 484. The van der Waals surface area contributed by atoms with Crippen LogP contribution in [0.5, 0.6) is 0 Å². The van der Waals surface area contributed by atoms with Gasteiger partial charge in [-0.3, -0.25) is 4.79 Å². The molecule has 108 valence electrons. The third-order valence-electron chi connectivity index (χ3n) is 3.21. The van der Waals surface area contributed by atoms with Gasteiger partial charge in [0.25, 0.3) is 0 Å². The SMILES string of the molecule is CC(C)(C)OC(=O)N1CC(C(=O)Cc2ccccc2)C1. The molecule has 1 heterocycles. The summed E-state index contributed by atoms with van der Waals surface area (Å²) in [5, 5.41) is 0. The van der Waals surface area contributed by atoms with Crippen molar-refractivity contribution in [1.82, 2.24) is 4.90 Å². The molecular weight excluding hydrogens is 254 g/mol. The molecule has 0 unspecified atom stereocenters. The lowest BCUT2D eigenvalue weighted by atomic mass is 9.91. The Morgan fingerprint density at radius 2 is 1.80 bits per heavy atom. The van der Waals surface area contributed by atoms with Crippen LogP contribution < -0.4 is 0 Å². The summed E-state index contributed by atoms with van der Waals surface area (Å²) < 4.78 is 5.26. The normalized spacial score (nSPS) is 15.7. The van der Waals surface area contributed by atoms with Gasteiger partial charge in [-0.15, -0.1) is 0 Å². The van der Waals surface area contributed by atoms with E-state index in [4.69, 9.17) is 4.74 Å². The lowest BCUT2D eigenvalue weighted by Crippen LogP contribution is -2.54. The van der Waals surface area contributed by atoms with Crippen LogP contribution in [0.15, 0.2) is 30.3 Å². The van der Waals surface area contributed by atoms with Gasteiger partial charge in [-0.25, -0.2) is 4.79 Å². The fourth-order valence-corrected chi connectivity index (χ4v) is 2.10. The Morgan fingerprint density at radius 1 is 1.20 bits per heavy atom. The maximum Gasteiger partial charge on any atom is 0.410 e. The van der Waals surface area contributed by atoms with Crippen molar-refractivity contribution in [2.45, 2.75) is 32.8 Å². The lowest BCUT2D eigenvalue weighted by molar-refractivity contribution is -0.126. The smallest absolute Gasteiger partial charge is 0.410 e. The zero-order chi connectivity index (χ0) is 14.8. The van der Waals surface area contributed by atoms with Gasteiger partial charge in [0.15, 0.2) is 0 Å². The molecule has 1 aliphatic heterocycles. The van der Waals surface area contributed by atoms with Gasteiger partial charge in [0, 0.05) is 19.5 Å². The summed E-state index contributed by atoms with van der Waals surface area (Å²) >= 11 is 0. The first-order valence-electron chi connectivity index (χ1n) is 6.90. The maximum absolute atomic E-state index is 12.1. The molecule has 1 fully saturated rings. The number of Topliss-reactive ketones (excluding diaryl/α,β-unsaturated/α-hetero) is 1. The summed E-state index contributed by atoms with van der Waals surface area (Å²) in [5.74, 6) is 0.138. The van der Waals surface area contributed by atoms with Gasteiger partial charge in [0.2, 0.25) is 0 Å². The quantitative estimate of drug-likeness (QED) is 0.852. The second-order valence-electron chi connectivity index (χ2n) is 6.21. The minimum atomic E-state index is -0.490. The molecule has 0 saturated carbocycles. The van der Waals surface area contributed by atoms with E-state index in [1.165, 1.54) is 0 Å². The number of rotatable bonds is 3. The number of carbonyl (C=O) groups is 2. The number of ether oxygens (including phenoxy) is 1. The molecule has 0 aromatic heterocycles. The third-order valence-corrected chi connectivity index (χ3v) is 3.21. The molecule has 0 N–H and O–H groups in total. The number of hydrogen-bond acceptors (Lipinski definition) is 3. The first-order chi connectivity index (χ1) is 9.35. The summed E-state index contributed by atoms with van der Waals surface area (Å²) in [6.45, 7) is 6.45. The van der Waals surface area contributed by atoms with Crippen LogP contribution in [0.2, 0.25) is 0 Å². The van der Waals surface area contributed by atoms with Crippen molar-refractivity contribution in [3.63, 3.8) is 0 Å². The first kappa shape index (κ1) is 14.6. The van der Waals surface area contributed by atoms with E-state index in [0.29, 0.717) is 19.5 Å². The van der Waals surface area contributed by atoms with Crippen LogP contribution in [0.3, 0.4) is 0 Å². The van der Waals surface area contributed by atoms with Gasteiger partial charge in [0.05, 0.1) is 5.92 Å². The van der Waals surface area contributed by atoms with Crippen LogP contribution in [0.1, 0.15) is 26.3 Å². The molecule has 2 rings (SSSR count). The second kappa shape index (κ2) is 5.65. The monoisotopic (exact) mass is 275 g/mol. The molecule has 1 amide bonds. The van der Waals surface area contributed by atoms with Crippen molar-refractivity contribution in [3.8, 4) is 0 Å². The number of amides is 1. The van der Waals surface area contributed by atoms with E-state index < -0.39 is 5.60 Å². The van der Waals surface area contributed by atoms with Gasteiger partial charge in [-0.2, -0.15) is 0 Å². The largest absolute Gasteiger partial charge is 0.444 e. The molecule has 0 radical (unpaired) electrons. The Hall–Kier alpha value is -1.84. The molecule has 1 saturated heterocycles. The van der Waals surface area contributed by atoms with E-state index in [2.05, 4.69) is 0 Å². The highest BCUT2D eigenvalue weighted by Crippen LogP contribution is 2.21. The van der Waals surface area contributed by atoms with Crippen molar-refractivity contribution in [2.24, 2.45) is 5.92 Å². The van der Waals surface area contributed by atoms with Crippen LogP contribution in [-0.4, -0.2) is 35.5 Å². The van der Waals surface area contributed by atoms with Crippen LogP contribution in [0.25, 0.3) is 0 Å². The van der Waals surface area contributed by atoms with Crippen molar-refractivity contribution in [2.75, 3.05) is 13.1 Å². The lowest BCUT2D eigenvalue weighted by Gasteiger charge is -2.38.